The Morgan fingerprint density at radius 3 is 2.40 bits per heavy atom. The molecule has 1 heterocycles. The molecule has 10 nitrogen and oxygen atoms in total. The third-order valence-electron chi connectivity index (χ3n) is 9.08. The predicted octanol–water partition coefficient (Wildman–Crippen LogP) is 3.86. The lowest BCUT2D eigenvalue weighted by atomic mass is 9.91. The number of sulfone groups is 2. The van der Waals surface area contributed by atoms with Crippen LogP contribution in [0.15, 0.2) is 42.5 Å². The molecule has 1 amide bonds. The van der Waals surface area contributed by atoms with Gasteiger partial charge >= 0.3 is 5.97 Å². The summed E-state index contributed by atoms with van der Waals surface area (Å²) in [5.41, 5.74) is 3.47. The van der Waals surface area contributed by atoms with Crippen LogP contribution in [0.2, 0.25) is 0 Å². The summed E-state index contributed by atoms with van der Waals surface area (Å²) in [6.07, 6.45) is 6.60. The fourth-order valence-corrected chi connectivity index (χ4v) is 9.48. The third-order valence-corrected chi connectivity index (χ3v) is 12.3. The van der Waals surface area contributed by atoms with E-state index in [4.69, 9.17) is 4.74 Å². The van der Waals surface area contributed by atoms with Crippen LogP contribution in [0, 0.1) is 12.8 Å². The molecule has 3 atom stereocenters. The summed E-state index contributed by atoms with van der Waals surface area (Å²) in [4.78, 5) is 27.5. The molecule has 1 saturated carbocycles. The fourth-order valence-electron chi connectivity index (χ4n) is 6.62. The molecule has 45 heavy (non-hydrogen) atoms. The highest BCUT2D eigenvalue weighted by molar-refractivity contribution is 7.92. The van der Waals surface area contributed by atoms with Crippen molar-refractivity contribution in [2.24, 2.45) is 5.92 Å². The monoisotopic (exact) mass is 662 g/mol. The van der Waals surface area contributed by atoms with Gasteiger partial charge in [0.1, 0.15) is 15.9 Å². The molecular weight excluding hydrogens is 617 g/mol. The van der Waals surface area contributed by atoms with Gasteiger partial charge in [-0.1, -0.05) is 49.6 Å². The van der Waals surface area contributed by atoms with E-state index in [1.54, 1.807) is 19.2 Å². The van der Waals surface area contributed by atoms with Gasteiger partial charge in [-0.05, 0) is 72.9 Å². The molecule has 0 spiro atoms. The lowest BCUT2D eigenvalue weighted by Crippen LogP contribution is -2.42. The van der Waals surface area contributed by atoms with Gasteiger partial charge < -0.3 is 15.2 Å². The zero-order valence-corrected chi connectivity index (χ0v) is 28.0. The standard InChI is InChI=1S/C33H46N2O8S2/c1-23-9-7-8-12-28(23)30-17-25(13-14-29(30)32(36)34-31(33(37)38)15-16-44(3,39)40)19-35-20-27(18-26(35)21-43-2)45(41,42)22-24-10-5-4-6-11-24/h7-9,12-14,17,24,26-27,31H,4-6,10-11,15-16,18-22H2,1-3H3,(H,34,36)(H,37,38)/t26-,27+,31-/m0/s1. The van der Waals surface area contributed by atoms with Crippen LogP contribution in [-0.2, 0) is 35.8 Å². The maximum atomic E-state index is 13.5. The normalized spacial score (nSPS) is 20.6. The topological polar surface area (TPSA) is 147 Å². The number of hydrogen-bond donors (Lipinski definition) is 2. The van der Waals surface area contributed by atoms with Crippen LogP contribution < -0.4 is 5.32 Å². The van der Waals surface area contributed by atoms with E-state index in [2.05, 4.69) is 10.2 Å². The van der Waals surface area contributed by atoms with Crippen LogP contribution in [-0.4, -0.2) is 94.1 Å². The quantitative estimate of drug-likeness (QED) is 0.308. The molecule has 0 bridgehead atoms. The van der Waals surface area contributed by atoms with E-state index in [0.29, 0.717) is 31.7 Å². The lowest BCUT2D eigenvalue weighted by molar-refractivity contribution is -0.139. The van der Waals surface area contributed by atoms with Gasteiger partial charge in [-0.3, -0.25) is 9.69 Å². The number of benzene rings is 2. The number of carbonyl (C=O) groups excluding carboxylic acids is 1. The number of nitrogens with zero attached hydrogens (tertiary/aromatic N) is 1. The average molecular weight is 663 g/mol. The number of methoxy groups -OCH3 is 1. The summed E-state index contributed by atoms with van der Waals surface area (Å²) in [6.45, 7) is 3.19. The van der Waals surface area contributed by atoms with E-state index in [-0.39, 0.29) is 35.4 Å². The van der Waals surface area contributed by atoms with Crippen molar-refractivity contribution in [3.8, 4) is 11.1 Å². The molecule has 2 aromatic carbocycles. The SMILES string of the molecule is COC[C@@H]1C[C@@H](S(=O)(=O)CC2CCCCC2)CN1Cc1ccc(C(=O)N[C@@H](CCS(C)(=O)=O)C(=O)O)c(-c2ccccc2C)c1. The van der Waals surface area contributed by atoms with Gasteiger partial charge in [0.05, 0.1) is 23.4 Å². The Hall–Kier alpha value is -2.80. The largest absolute Gasteiger partial charge is 0.480 e. The highest BCUT2D eigenvalue weighted by Gasteiger charge is 2.40. The van der Waals surface area contributed by atoms with Crippen molar-refractivity contribution in [1.82, 2.24) is 10.2 Å². The number of carbonyl (C=O) groups is 2. The lowest BCUT2D eigenvalue weighted by Gasteiger charge is -2.25. The minimum atomic E-state index is -3.42. The van der Waals surface area contributed by atoms with E-state index in [0.717, 1.165) is 48.6 Å². The molecule has 2 aromatic rings. The first-order chi connectivity index (χ1) is 21.3. The number of carboxylic acids is 1. The van der Waals surface area contributed by atoms with Crippen molar-refractivity contribution in [1.29, 1.82) is 0 Å². The molecule has 1 aliphatic heterocycles. The summed E-state index contributed by atoms with van der Waals surface area (Å²) in [5, 5.41) is 11.7. The molecule has 1 saturated heterocycles. The highest BCUT2D eigenvalue weighted by atomic mass is 32.2. The smallest absolute Gasteiger partial charge is 0.326 e. The Balaban J connectivity index is 1.59. The number of nitrogens with one attached hydrogen (secondary N) is 1. The van der Waals surface area contributed by atoms with Gasteiger partial charge in [0.15, 0.2) is 9.84 Å². The minimum absolute atomic E-state index is 0.0720. The van der Waals surface area contributed by atoms with Crippen LogP contribution in [0.4, 0.5) is 0 Å². The summed E-state index contributed by atoms with van der Waals surface area (Å²) in [7, 11) is -5.08. The first kappa shape index (κ1) is 35.1. The Morgan fingerprint density at radius 1 is 1.04 bits per heavy atom. The number of carboxylic acid groups (broad SMARTS) is 1. The van der Waals surface area contributed by atoms with Crippen molar-refractivity contribution in [3.05, 3.63) is 59.2 Å². The summed E-state index contributed by atoms with van der Waals surface area (Å²) >= 11 is 0. The van der Waals surface area contributed by atoms with Crippen molar-refractivity contribution in [3.63, 3.8) is 0 Å². The van der Waals surface area contributed by atoms with Gasteiger partial charge in [0, 0.05) is 38.1 Å². The van der Waals surface area contributed by atoms with Crippen LogP contribution in [0.25, 0.3) is 11.1 Å². The zero-order chi connectivity index (χ0) is 32.8. The Morgan fingerprint density at radius 2 is 1.76 bits per heavy atom. The van der Waals surface area contributed by atoms with E-state index >= 15 is 0 Å². The Kier molecular flexibility index (Phi) is 11.8. The second-order valence-corrected chi connectivity index (χ2v) is 17.3. The first-order valence-corrected chi connectivity index (χ1v) is 19.4. The molecule has 2 fully saturated rings. The zero-order valence-electron chi connectivity index (χ0n) is 26.4. The second-order valence-electron chi connectivity index (χ2n) is 12.7. The number of ether oxygens (including phenoxy) is 1. The van der Waals surface area contributed by atoms with Crippen molar-refractivity contribution < 1.29 is 36.3 Å². The van der Waals surface area contributed by atoms with Gasteiger partial charge in [-0.25, -0.2) is 21.6 Å². The third kappa shape index (κ3) is 9.60. The molecule has 2 aliphatic rings. The highest BCUT2D eigenvalue weighted by Crippen LogP contribution is 2.33. The van der Waals surface area contributed by atoms with Gasteiger partial charge in [-0.2, -0.15) is 0 Å². The van der Waals surface area contributed by atoms with Gasteiger partial charge in [0.25, 0.3) is 5.91 Å². The second kappa shape index (κ2) is 15.2. The molecule has 2 N–H and O–H groups in total. The molecule has 0 unspecified atom stereocenters. The molecular formula is C33H46N2O8S2. The van der Waals surface area contributed by atoms with Crippen LogP contribution in [0.3, 0.4) is 0 Å². The number of aliphatic carboxylic acids is 1. The number of rotatable bonds is 14. The molecule has 12 heteroatoms. The van der Waals surface area contributed by atoms with Crippen molar-refractivity contribution in [2.45, 2.75) is 75.7 Å². The summed E-state index contributed by atoms with van der Waals surface area (Å²) in [5.74, 6) is -1.82. The van der Waals surface area contributed by atoms with Crippen molar-refractivity contribution >= 4 is 31.6 Å². The van der Waals surface area contributed by atoms with Crippen molar-refractivity contribution in [2.75, 3.05) is 38.0 Å². The number of hydrogen-bond acceptors (Lipinski definition) is 8. The number of amides is 1. The molecule has 248 valence electrons. The van der Waals surface area contributed by atoms with Gasteiger partial charge in [-0.15, -0.1) is 0 Å². The number of likely N-dealkylation sites (tertiary alicyclic amines) is 1. The summed E-state index contributed by atoms with van der Waals surface area (Å²) in [6, 6.07) is 11.5. The van der Waals surface area contributed by atoms with Crippen LogP contribution in [0.1, 0.15) is 66.4 Å². The first-order valence-electron chi connectivity index (χ1n) is 15.6. The molecule has 1 aliphatic carbocycles. The number of aryl methyl sites for hydroxylation is 1. The minimum Gasteiger partial charge on any atom is -0.480 e. The molecule has 4 rings (SSSR count). The fraction of sp³-hybridized carbons (Fsp3) is 0.576. The predicted molar refractivity (Wildman–Crippen MR) is 175 cm³/mol. The van der Waals surface area contributed by atoms with Crippen LogP contribution >= 0.6 is 0 Å². The molecule has 0 aromatic heterocycles. The maximum Gasteiger partial charge on any atom is 0.326 e. The van der Waals surface area contributed by atoms with Crippen LogP contribution in [0.5, 0.6) is 0 Å². The summed E-state index contributed by atoms with van der Waals surface area (Å²) < 4.78 is 55.8. The van der Waals surface area contributed by atoms with E-state index in [1.165, 1.54) is 6.42 Å². The Labute approximate surface area is 267 Å². The Bertz CT molecular complexity index is 1570. The van der Waals surface area contributed by atoms with E-state index in [1.807, 2.05) is 37.3 Å². The average Bonchev–Trinajstić information content (AvgIpc) is 3.38. The van der Waals surface area contributed by atoms with Gasteiger partial charge in [0.2, 0.25) is 0 Å². The maximum absolute atomic E-state index is 13.5. The van der Waals surface area contributed by atoms with E-state index < -0.39 is 42.8 Å². The van der Waals surface area contributed by atoms with E-state index in [9.17, 15) is 31.5 Å². The molecule has 0 radical (unpaired) electrons.